The van der Waals surface area contributed by atoms with E-state index in [2.05, 4.69) is 23.5 Å². The van der Waals surface area contributed by atoms with Gasteiger partial charge in [-0.05, 0) is 52.8 Å². The largest absolute Gasteiger partial charge is 0.354 e. The summed E-state index contributed by atoms with van der Waals surface area (Å²) in [4.78, 5) is 28.0. The van der Waals surface area contributed by atoms with Crippen molar-refractivity contribution < 1.29 is 14.0 Å². The zero-order valence-corrected chi connectivity index (χ0v) is 19.7. The third-order valence-electron chi connectivity index (χ3n) is 5.82. The van der Waals surface area contributed by atoms with Gasteiger partial charge >= 0.3 is 0 Å². The molecule has 0 saturated heterocycles. The van der Waals surface area contributed by atoms with Crippen LogP contribution in [0.2, 0.25) is 0 Å². The van der Waals surface area contributed by atoms with Crippen LogP contribution < -0.4 is 5.32 Å². The van der Waals surface area contributed by atoms with E-state index in [1.807, 2.05) is 45.0 Å². The maximum Gasteiger partial charge on any atom is 0.242 e. The van der Waals surface area contributed by atoms with Gasteiger partial charge in [0.25, 0.3) is 0 Å². The zero-order chi connectivity index (χ0) is 23.8. The lowest BCUT2D eigenvalue weighted by Crippen LogP contribution is -2.49. The first-order valence-electron chi connectivity index (χ1n) is 11.7. The fourth-order valence-corrected chi connectivity index (χ4v) is 4.02. The summed E-state index contributed by atoms with van der Waals surface area (Å²) in [6.07, 6.45) is 1.39. The van der Waals surface area contributed by atoms with Crippen molar-refractivity contribution in [2.75, 3.05) is 6.54 Å². The number of rotatable bonds is 10. The molecule has 3 aromatic rings. The fraction of sp³-hybridized carbons (Fsp3) is 0.357. The highest BCUT2D eigenvalue weighted by Gasteiger charge is 2.28. The van der Waals surface area contributed by atoms with Crippen molar-refractivity contribution in [3.8, 4) is 0 Å². The van der Waals surface area contributed by atoms with E-state index in [0.717, 1.165) is 21.9 Å². The molecule has 0 aliphatic carbocycles. The van der Waals surface area contributed by atoms with Crippen LogP contribution in [-0.2, 0) is 22.6 Å². The Kier molecular flexibility index (Phi) is 8.58. The van der Waals surface area contributed by atoms with E-state index in [9.17, 15) is 14.0 Å². The van der Waals surface area contributed by atoms with Crippen molar-refractivity contribution in [3.63, 3.8) is 0 Å². The molecule has 0 spiro atoms. The Balaban J connectivity index is 1.81. The predicted molar refractivity (Wildman–Crippen MR) is 131 cm³/mol. The van der Waals surface area contributed by atoms with E-state index in [4.69, 9.17) is 0 Å². The number of benzene rings is 3. The maximum absolute atomic E-state index is 13.4. The van der Waals surface area contributed by atoms with Gasteiger partial charge in [0, 0.05) is 19.5 Å². The van der Waals surface area contributed by atoms with Crippen LogP contribution in [0.4, 0.5) is 4.39 Å². The first kappa shape index (κ1) is 24.4. The van der Waals surface area contributed by atoms with Gasteiger partial charge in [0.2, 0.25) is 11.8 Å². The number of nitrogens with one attached hydrogen (secondary N) is 1. The van der Waals surface area contributed by atoms with Crippen LogP contribution in [0.5, 0.6) is 0 Å². The van der Waals surface area contributed by atoms with Crippen LogP contribution >= 0.6 is 0 Å². The monoisotopic (exact) mass is 448 g/mol. The quantitative estimate of drug-likeness (QED) is 0.446. The highest BCUT2D eigenvalue weighted by atomic mass is 19.1. The molecule has 1 N–H and O–H groups in total. The number of hydrogen-bond acceptors (Lipinski definition) is 2. The Morgan fingerprint density at radius 1 is 0.970 bits per heavy atom. The second-order valence-electron chi connectivity index (χ2n) is 8.85. The molecule has 0 aromatic heterocycles. The third kappa shape index (κ3) is 6.64. The van der Waals surface area contributed by atoms with Crippen molar-refractivity contribution in [1.29, 1.82) is 0 Å². The van der Waals surface area contributed by atoms with Crippen molar-refractivity contribution in [2.24, 2.45) is 5.92 Å². The van der Waals surface area contributed by atoms with Crippen molar-refractivity contribution in [2.45, 2.75) is 52.6 Å². The van der Waals surface area contributed by atoms with Crippen LogP contribution in [-0.4, -0.2) is 29.3 Å². The Labute approximate surface area is 195 Å². The molecule has 4 nitrogen and oxygen atoms in total. The van der Waals surface area contributed by atoms with Gasteiger partial charge in [-0.25, -0.2) is 4.39 Å². The van der Waals surface area contributed by atoms with Gasteiger partial charge in [0.1, 0.15) is 11.9 Å². The molecule has 0 unspecified atom stereocenters. The summed E-state index contributed by atoms with van der Waals surface area (Å²) >= 11 is 0. The summed E-state index contributed by atoms with van der Waals surface area (Å²) < 4.78 is 13.4. The van der Waals surface area contributed by atoms with Gasteiger partial charge < -0.3 is 10.2 Å². The molecule has 3 rings (SSSR count). The van der Waals surface area contributed by atoms with Gasteiger partial charge in [-0.1, -0.05) is 75.4 Å². The number of carbonyl (C=O) groups is 2. The third-order valence-corrected chi connectivity index (χ3v) is 5.82. The minimum absolute atomic E-state index is 0.0844. The summed E-state index contributed by atoms with van der Waals surface area (Å²) in [6.45, 7) is 6.81. The number of fused-ring (bicyclic) bond motifs is 1. The SMILES string of the molecule is CC[C@H](C(=O)NCC(C)C)N(Cc1ccc(F)cc1)C(=O)CCc1cccc2ccccc12. The average Bonchev–Trinajstić information content (AvgIpc) is 2.82. The minimum Gasteiger partial charge on any atom is -0.354 e. The topological polar surface area (TPSA) is 49.4 Å². The molecule has 0 aliphatic heterocycles. The standard InChI is InChI=1S/C28H33FN2O2/c1-4-26(28(33)30-18-20(2)3)31(19-21-12-15-24(29)16-13-21)27(32)17-14-23-10-7-9-22-8-5-6-11-25(22)23/h5-13,15-16,20,26H,4,14,17-19H2,1-3H3,(H,30,33)/t26-/m1/s1. The normalized spacial score (nSPS) is 12.0. The molecular formula is C28H33FN2O2. The summed E-state index contributed by atoms with van der Waals surface area (Å²) in [5.41, 5.74) is 1.91. The van der Waals surface area contributed by atoms with Crippen LogP contribution in [0.25, 0.3) is 10.8 Å². The summed E-state index contributed by atoms with van der Waals surface area (Å²) in [6, 6.07) is 19.8. The highest BCUT2D eigenvalue weighted by Crippen LogP contribution is 2.21. The zero-order valence-electron chi connectivity index (χ0n) is 19.7. The van der Waals surface area contributed by atoms with Crippen LogP contribution in [0, 0.1) is 11.7 Å². The number of carbonyl (C=O) groups excluding carboxylic acids is 2. The Bertz CT molecular complexity index is 1070. The molecule has 0 radical (unpaired) electrons. The summed E-state index contributed by atoms with van der Waals surface area (Å²) in [5, 5.41) is 5.25. The second-order valence-corrected chi connectivity index (χ2v) is 8.85. The minimum atomic E-state index is -0.575. The van der Waals surface area contributed by atoms with E-state index >= 15 is 0 Å². The number of nitrogens with zero attached hydrogens (tertiary/aromatic N) is 1. The lowest BCUT2D eigenvalue weighted by Gasteiger charge is -2.31. The van der Waals surface area contributed by atoms with E-state index in [1.54, 1.807) is 17.0 Å². The van der Waals surface area contributed by atoms with E-state index < -0.39 is 6.04 Å². The smallest absolute Gasteiger partial charge is 0.242 e. The molecule has 174 valence electrons. The first-order valence-corrected chi connectivity index (χ1v) is 11.7. The molecule has 2 amide bonds. The highest BCUT2D eigenvalue weighted by molar-refractivity contribution is 5.89. The average molecular weight is 449 g/mol. The van der Waals surface area contributed by atoms with Gasteiger partial charge in [0.15, 0.2) is 0 Å². The van der Waals surface area contributed by atoms with Gasteiger partial charge in [-0.2, -0.15) is 0 Å². The van der Waals surface area contributed by atoms with Crippen molar-refractivity contribution >= 4 is 22.6 Å². The van der Waals surface area contributed by atoms with Crippen molar-refractivity contribution in [1.82, 2.24) is 10.2 Å². The second kappa shape index (κ2) is 11.6. The molecule has 0 heterocycles. The molecule has 0 aliphatic rings. The Hall–Kier alpha value is -3.21. The number of hydrogen-bond donors (Lipinski definition) is 1. The number of aryl methyl sites for hydroxylation is 1. The van der Waals surface area contributed by atoms with Crippen LogP contribution in [0.15, 0.2) is 66.7 Å². The molecule has 5 heteroatoms. The molecular weight excluding hydrogens is 415 g/mol. The molecule has 1 atom stereocenters. The van der Waals surface area contributed by atoms with Gasteiger partial charge in [-0.15, -0.1) is 0 Å². The molecule has 0 saturated carbocycles. The van der Waals surface area contributed by atoms with Gasteiger partial charge in [0.05, 0.1) is 0 Å². The van der Waals surface area contributed by atoms with Gasteiger partial charge in [-0.3, -0.25) is 9.59 Å². The van der Waals surface area contributed by atoms with Crippen LogP contribution in [0.3, 0.4) is 0 Å². The van der Waals surface area contributed by atoms with E-state index in [1.165, 1.54) is 12.1 Å². The fourth-order valence-electron chi connectivity index (χ4n) is 4.02. The molecule has 0 bridgehead atoms. The summed E-state index contributed by atoms with van der Waals surface area (Å²) in [5.74, 6) is -0.237. The Morgan fingerprint density at radius 3 is 2.36 bits per heavy atom. The van der Waals surface area contributed by atoms with E-state index in [0.29, 0.717) is 31.7 Å². The molecule has 0 fully saturated rings. The van der Waals surface area contributed by atoms with Crippen molar-refractivity contribution in [3.05, 3.63) is 83.7 Å². The van der Waals surface area contributed by atoms with E-state index in [-0.39, 0.29) is 24.2 Å². The Morgan fingerprint density at radius 2 is 1.67 bits per heavy atom. The first-order chi connectivity index (χ1) is 15.9. The predicted octanol–water partition coefficient (Wildman–Crippen LogP) is 5.49. The molecule has 3 aromatic carbocycles. The molecule has 33 heavy (non-hydrogen) atoms. The lowest BCUT2D eigenvalue weighted by atomic mass is 10.00. The number of amides is 2. The lowest BCUT2D eigenvalue weighted by molar-refractivity contribution is -0.141. The summed E-state index contributed by atoms with van der Waals surface area (Å²) in [7, 11) is 0. The van der Waals surface area contributed by atoms with Crippen LogP contribution in [0.1, 0.15) is 44.7 Å². The maximum atomic E-state index is 13.4. The number of halogens is 1.